The van der Waals surface area contributed by atoms with Crippen LogP contribution in [0.25, 0.3) is 11.0 Å². The van der Waals surface area contributed by atoms with Crippen molar-refractivity contribution < 1.29 is 35.6 Å². The first kappa shape index (κ1) is 21.7. The van der Waals surface area contributed by atoms with Crippen LogP contribution in [-0.2, 0) is 5.79 Å². The number of aryl methyl sites for hydroxylation is 1. The summed E-state index contributed by atoms with van der Waals surface area (Å²) in [5, 5.41) is 3.30. The lowest BCUT2D eigenvalue weighted by molar-refractivity contribution is -0.0664. The van der Waals surface area contributed by atoms with E-state index < -0.39 is 47.4 Å². The number of rotatable bonds is 5. The molecule has 170 valence electrons. The Balaban J connectivity index is 1.55. The number of amides is 2. The number of carbonyl (C=O) groups excluding carboxylic acids is 1. The second kappa shape index (κ2) is 7.88. The Bertz CT molecular complexity index is 1170. The summed E-state index contributed by atoms with van der Waals surface area (Å²) in [7, 11) is 0. The molecule has 1 aliphatic heterocycles. The lowest BCUT2D eigenvalue weighted by atomic mass is 10.1. The van der Waals surface area contributed by atoms with Gasteiger partial charge < -0.3 is 14.6 Å². The number of furan rings is 1. The molecule has 1 saturated heterocycles. The van der Waals surface area contributed by atoms with Gasteiger partial charge >= 0.3 is 11.8 Å². The number of benzene rings is 1. The second-order valence-corrected chi connectivity index (χ2v) is 7.19. The number of halogens is 6. The highest BCUT2D eigenvalue weighted by Gasteiger charge is 2.49. The van der Waals surface area contributed by atoms with Crippen molar-refractivity contribution in [3.8, 4) is 0 Å². The molecule has 13 heteroatoms. The van der Waals surface area contributed by atoms with E-state index in [4.69, 9.17) is 4.42 Å². The fourth-order valence-electron chi connectivity index (χ4n) is 3.27. The first-order valence-electron chi connectivity index (χ1n) is 9.24. The van der Waals surface area contributed by atoms with E-state index >= 15 is 4.39 Å². The van der Waals surface area contributed by atoms with E-state index in [-0.39, 0.29) is 35.7 Å². The molecule has 2 amide bonds. The average Bonchev–Trinajstić information content (AvgIpc) is 3.03. The Kier molecular flexibility index (Phi) is 5.34. The minimum Gasteiger partial charge on any atom is -0.452 e. The maximum absolute atomic E-state index is 15.3. The van der Waals surface area contributed by atoms with Crippen molar-refractivity contribution in [3.05, 3.63) is 47.5 Å². The Hall–Kier alpha value is -3.51. The third kappa shape index (κ3) is 3.78. The van der Waals surface area contributed by atoms with Gasteiger partial charge in [0.1, 0.15) is 12.0 Å². The minimum absolute atomic E-state index is 0.0605. The monoisotopic (exact) mass is 459 g/mol. The van der Waals surface area contributed by atoms with Gasteiger partial charge in [0, 0.05) is 17.0 Å². The predicted octanol–water partition coefficient (Wildman–Crippen LogP) is 4.18. The van der Waals surface area contributed by atoms with Gasteiger partial charge in [-0.15, -0.1) is 0 Å². The third-order valence-corrected chi connectivity index (χ3v) is 4.90. The number of aromatic nitrogens is 2. The highest BCUT2D eigenvalue weighted by Crippen LogP contribution is 2.39. The molecule has 0 bridgehead atoms. The lowest BCUT2D eigenvalue weighted by Crippen LogP contribution is -2.49. The molecule has 1 aromatic carbocycles. The molecule has 7 nitrogen and oxygen atoms in total. The number of carbonyl (C=O) groups is 1. The number of hydrogen-bond donors (Lipinski definition) is 2. The van der Waals surface area contributed by atoms with Crippen LogP contribution in [0.2, 0.25) is 0 Å². The molecule has 1 unspecified atom stereocenters. The topological polar surface area (TPSA) is 83.3 Å². The summed E-state index contributed by atoms with van der Waals surface area (Å²) in [6.07, 6.45) is -2.55. The zero-order valence-corrected chi connectivity index (χ0v) is 16.3. The largest absolute Gasteiger partial charge is 0.452 e. The molecular formula is C19H15F6N5O2. The van der Waals surface area contributed by atoms with Crippen LogP contribution < -0.4 is 15.5 Å². The van der Waals surface area contributed by atoms with Crippen molar-refractivity contribution in [2.24, 2.45) is 0 Å². The third-order valence-electron chi connectivity index (χ3n) is 4.90. The molecule has 1 atom stereocenters. The highest BCUT2D eigenvalue weighted by molar-refractivity contribution is 5.90. The maximum Gasteiger partial charge on any atom is 0.322 e. The zero-order chi connectivity index (χ0) is 23.2. The second-order valence-electron chi connectivity index (χ2n) is 7.19. The number of urea groups is 1. The van der Waals surface area contributed by atoms with Crippen molar-refractivity contribution in [3.63, 3.8) is 0 Å². The standard InChI is InChI=1S/C19H15F6N5O2/c1-8-12-2-9(20)3-13(22)14(12)32-15(8)19(25,16(23)24)29-18(31)28-11-4-26-17(27-5-11)30-6-10(21)7-30/h2-5,10,16H,6-7H2,1H3,(H2,28,29,31). The molecule has 3 aromatic rings. The van der Waals surface area contributed by atoms with Crippen LogP contribution in [0.3, 0.4) is 0 Å². The predicted molar refractivity (Wildman–Crippen MR) is 101 cm³/mol. The molecule has 3 heterocycles. The first-order chi connectivity index (χ1) is 15.1. The summed E-state index contributed by atoms with van der Waals surface area (Å²) < 4.78 is 87.9. The molecular weight excluding hydrogens is 444 g/mol. The van der Waals surface area contributed by atoms with Gasteiger partial charge in [-0.25, -0.2) is 41.1 Å². The van der Waals surface area contributed by atoms with Crippen LogP contribution in [0.15, 0.2) is 28.9 Å². The Morgan fingerprint density at radius 3 is 2.50 bits per heavy atom. The Morgan fingerprint density at radius 1 is 1.25 bits per heavy atom. The van der Waals surface area contributed by atoms with Crippen LogP contribution in [0, 0.1) is 18.6 Å². The van der Waals surface area contributed by atoms with Gasteiger partial charge in [-0.3, -0.25) is 5.32 Å². The van der Waals surface area contributed by atoms with Crippen LogP contribution in [0.4, 0.5) is 42.8 Å². The fraction of sp³-hybridized carbons (Fsp3) is 0.316. The van der Waals surface area contributed by atoms with E-state index in [1.165, 1.54) is 10.2 Å². The molecule has 0 radical (unpaired) electrons. The van der Waals surface area contributed by atoms with Crippen molar-refractivity contribution >= 4 is 28.6 Å². The summed E-state index contributed by atoms with van der Waals surface area (Å²) in [5.74, 6) is -6.96. The summed E-state index contributed by atoms with van der Waals surface area (Å²) in [4.78, 5) is 21.5. The van der Waals surface area contributed by atoms with Gasteiger partial charge in [0.2, 0.25) is 5.95 Å². The first-order valence-corrected chi connectivity index (χ1v) is 9.24. The van der Waals surface area contributed by atoms with Crippen molar-refractivity contribution in [1.82, 2.24) is 15.3 Å². The maximum atomic E-state index is 15.3. The van der Waals surface area contributed by atoms with E-state index in [9.17, 15) is 26.7 Å². The van der Waals surface area contributed by atoms with Crippen LogP contribution in [0.1, 0.15) is 11.3 Å². The SMILES string of the molecule is Cc1c(C(F)(NC(=O)Nc2cnc(N3CC(F)C3)nc2)C(F)F)oc2c(F)cc(F)cc12. The van der Waals surface area contributed by atoms with Crippen LogP contribution in [-0.4, -0.2) is 41.7 Å². The quantitative estimate of drug-likeness (QED) is 0.442. The smallest absolute Gasteiger partial charge is 0.322 e. The lowest BCUT2D eigenvalue weighted by Gasteiger charge is -2.34. The van der Waals surface area contributed by atoms with Crippen molar-refractivity contribution in [2.45, 2.75) is 25.3 Å². The molecule has 2 N–H and O–H groups in total. The fourth-order valence-corrected chi connectivity index (χ4v) is 3.27. The molecule has 0 saturated carbocycles. The summed E-state index contributed by atoms with van der Waals surface area (Å²) >= 11 is 0. The number of fused-ring (bicyclic) bond motifs is 1. The average molecular weight is 459 g/mol. The van der Waals surface area contributed by atoms with E-state index in [2.05, 4.69) is 15.3 Å². The number of anilines is 2. The van der Waals surface area contributed by atoms with Gasteiger partial charge in [-0.05, 0) is 13.0 Å². The molecule has 0 aliphatic carbocycles. The normalized spacial score (nSPS) is 16.2. The number of nitrogens with one attached hydrogen (secondary N) is 2. The molecule has 2 aromatic heterocycles. The van der Waals surface area contributed by atoms with Gasteiger partial charge in [0.05, 0.1) is 31.2 Å². The Morgan fingerprint density at radius 2 is 1.91 bits per heavy atom. The van der Waals surface area contributed by atoms with E-state index in [1.807, 2.05) is 0 Å². The van der Waals surface area contributed by atoms with Crippen LogP contribution >= 0.6 is 0 Å². The van der Waals surface area contributed by atoms with Gasteiger partial charge in [-0.1, -0.05) is 0 Å². The summed E-state index contributed by atoms with van der Waals surface area (Å²) in [6, 6.07) is -0.146. The molecule has 4 rings (SSSR count). The van der Waals surface area contributed by atoms with Gasteiger partial charge in [0.25, 0.3) is 6.43 Å². The van der Waals surface area contributed by atoms with E-state index in [0.717, 1.165) is 25.4 Å². The molecule has 1 aliphatic rings. The van der Waals surface area contributed by atoms with Gasteiger partial charge in [0.15, 0.2) is 17.2 Å². The molecule has 0 spiro atoms. The van der Waals surface area contributed by atoms with Crippen molar-refractivity contribution in [1.29, 1.82) is 0 Å². The van der Waals surface area contributed by atoms with Crippen LogP contribution in [0.5, 0.6) is 0 Å². The van der Waals surface area contributed by atoms with E-state index in [0.29, 0.717) is 6.07 Å². The number of nitrogens with zero attached hydrogens (tertiary/aromatic N) is 3. The van der Waals surface area contributed by atoms with Gasteiger partial charge in [-0.2, -0.15) is 0 Å². The summed E-state index contributed by atoms with van der Waals surface area (Å²) in [5.41, 5.74) is -1.00. The molecule has 32 heavy (non-hydrogen) atoms. The number of hydrogen-bond acceptors (Lipinski definition) is 5. The summed E-state index contributed by atoms with van der Waals surface area (Å²) in [6.45, 7) is 1.36. The zero-order valence-electron chi connectivity index (χ0n) is 16.3. The minimum atomic E-state index is -3.86. The number of alkyl halides is 4. The van der Waals surface area contributed by atoms with Crippen molar-refractivity contribution in [2.75, 3.05) is 23.3 Å². The highest BCUT2D eigenvalue weighted by atomic mass is 19.3. The van der Waals surface area contributed by atoms with E-state index in [1.54, 1.807) is 0 Å². The molecule has 1 fully saturated rings. The Labute approximate surface area is 176 Å².